The molecule has 0 radical (unpaired) electrons. The van der Waals surface area contributed by atoms with Crippen molar-refractivity contribution in [2.24, 2.45) is 0 Å². The van der Waals surface area contributed by atoms with E-state index >= 15 is 0 Å². The van der Waals surface area contributed by atoms with Crippen molar-refractivity contribution in [1.82, 2.24) is 4.90 Å². The van der Waals surface area contributed by atoms with Gasteiger partial charge in [0.25, 0.3) is 0 Å². The number of aliphatic hydroxyl groups is 1. The van der Waals surface area contributed by atoms with Crippen LogP contribution in [-0.4, -0.2) is 62.2 Å². The molecule has 6 heteroatoms. The van der Waals surface area contributed by atoms with Gasteiger partial charge in [-0.1, -0.05) is 24.4 Å². The summed E-state index contributed by atoms with van der Waals surface area (Å²) in [6.45, 7) is 2.54. The number of ether oxygens (including phenoxy) is 3. The number of aryl methyl sites for hydroxylation is 1. The molecule has 0 bridgehead atoms. The maximum Gasteiger partial charge on any atom is 0.179 e. The summed E-state index contributed by atoms with van der Waals surface area (Å²) in [6, 6.07) is 4.39. The van der Waals surface area contributed by atoms with Gasteiger partial charge < -0.3 is 19.3 Å². The van der Waals surface area contributed by atoms with Gasteiger partial charge in [0.05, 0.1) is 31.5 Å². The second-order valence-corrected chi connectivity index (χ2v) is 8.02. The Bertz CT molecular complexity index is 612. The van der Waals surface area contributed by atoms with E-state index in [-0.39, 0.29) is 12.2 Å². The fraction of sp³-hybridized carbons (Fsp3) is 0.714. The van der Waals surface area contributed by atoms with Gasteiger partial charge >= 0.3 is 0 Å². The van der Waals surface area contributed by atoms with Crippen LogP contribution >= 0.6 is 11.6 Å². The van der Waals surface area contributed by atoms with Crippen LogP contribution in [0.3, 0.4) is 0 Å². The number of methoxy groups -OCH3 is 2. The minimum Gasteiger partial charge on any atom is -0.493 e. The van der Waals surface area contributed by atoms with Gasteiger partial charge in [0.15, 0.2) is 11.5 Å². The third-order valence-electron chi connectivity index (χ3n) is 5.77. The molecule has 2 fully saturated rings. The van der Waals surface area contributed by atoms with Gasteiger partial charge in [0.1, 0.15) is 0 Å². The van der Waals surface area contributed by atoms with Gasteiger partial charge in [0.2, 0.25) is 0 Å². The van der Waals surface area contributed by atoms with E-state index in [1.54, 1.807) is 14.2 Å². The summed E-state index contributed by atoms with van der Waals surface area (Å²) in [6.07, 6.45) is 7.66. The summed E-state index contributed by atoms with van der Waals surface area (Å²) < 4.78 is 16.9. The molecule has 1 N–H and O–H groups in total. The van der Waals surface area contributed by atoms with Gasteiger partial charge in [-0.25, -0.2) is 0 Å². The number of aliphatic hydroxyl groups excluding tert-OH is 1. The summed E-state index contributed by atoms with van der Waals surface area (Å²) in [7, 11) is 3.22. The number of hydrogen-bond acceptors (Lipinski definition) is 5. The van der Waals surface area contributed by atoms with Crippen molar-refractivity contribution in [3.63, 3.8) is 0 Å². The van der Waals surface area contributed by atoms with Crippen LogP contribution in [0.4, 0.5) is 0 Å². The minimum absolute atomic E-state index is 0.164. The normalized spacial score (nSPS) is 26.3. The fourth-order valence-electron chi connectivity index (χ4n) is 4.39. The molecule has 3 rings (SSSR count). The first-order chi connectivity index (χ1) is 13.1. The molecule has 5 nitrogen and oxygen atoms in total. The van der Waals surface area contributed by atoms with Crippen LogP contribution in [0.2, 0.25) is 5.02 Å². The predicted molar refractivity (Wildman–Crippen MR) is 107 cm³/mol. The lowest BCUT2D eigenvalue weighted by molar-refractivity contribution is -0.0333. The van der Waals surface area contributed by atoms with E-state index in [0.29, 0.717) is 22.6 Å². The zero-order valence-corrected chi connectivity index (χ0v) is 17.2. The fourth-order valence-corrected chi connectivity index (χ4v) is 4.70. The zero-order valence-electron chi connectivity index (χ0n) is 16.5. The number of likely N-dealkylation sites (tertiary alicyclic amines) is 1. The van der Waals surface area contributed by atoms with Crippen molar-refractivity contribution >= 4 is 11.6 Å². The average Bonchev–Trinajstić information content (AvgIpc) is 3.11. The van der Waals surface area contributed by atoms with Gasteiger partial charge in [-0.15, -0.1) is 0 Å². The lowest BCUT2D eigenvalue weighted by Crippen LogP contribution is -2.46. The van der Waals surface area contributed by atoms with Crippen LogP contribution < -0.4 is 9.47 Å². The molecular weight excluding hydrogens is 366 g/mol. The lowest BCUT2D eigenvalue weighted by Gasteiger charge is -2.37. The molecule has 0 amide bonds. The Kier molecular flexibility index (Phi) is 7.65. The number of nitrogens with zero attached hydrogens (tertiary/aromatic N) is 1. The summed E-state index contributed by atoms with van der Waals surface area (Å²) in [5, 5.41) is 10.4. The average molecular weight is 398 g/mol. The SMILES string of the molecule is COc1cc(CCCO[C@H]2CCCC[C@@H]2N2CC[C@@H](O)C2)cc(Cl)c1OC. The third kappa shape index (κ3) is 5.29. The highest BCUT2D eigenvalue weighted by Crippen LogP contribution is 2.36. The summed E-state index contributed by atoms with van der Waals surface area (Å²) in [5.74, 6) is 1.25. The number of β-amino-alcohol motifs (C(OH)–C–C–N with tert-alkyl or cyclic N) is 1. The van der Waals surface area contributed by atoms with E-state index in [1.165, 1.54) is 19.3 Å². The summed E-state index contributed by atoms with van der Waals surface area (Å²) in [4.78, 5) is 2.43. The molecule has 0 unspecified atom stereocenters. The topological polar surface area (TPSA) is 51.2 Å². The van der Waals surface area contributed by atoms with Crippen LogP contribution in [0, 0.1) is 0 Å². The van der Waals surface area contributed by atoms with Crippen LogP contribution in [-0.2, 0) is 11.2 Å². The third-order valence-corrected chi connectivity index (χ3v) is 6.05. The largest absolute Gasteiger partial charge is 0.493 e. The first-order valence-electron chi connectivity index (χ1n) is 10.1. The Morgan fingerprint density at radius 2 is 1.96 bits per heavy atom. The van der Waals surface area contributed by atoms with E-state index in [2.05, 4.69) is 4.90 Å². The molecule has 1 aromatic rings. The van der Waals surface area contributed by atoms with E-state index in [0.717, 1.165) is 50.9 Å². The Balaban J connectivity index is 1.49. The highest BCUT2D eigenvalue weighted by Gasteiger charge is 2.34. The summed E-state index contributed by atoms with van der Waals surface area (Å²) >= 11 is 6.29. The van der Waals surface area contributed by atoms with Crippen molar-refractivity contribution in [3.8, 4) is 11.5 Å². The highest BCUT2D eigenvalue weighted by molar-refractivity contribution is 6.32. The molecule has 27 heavy (non-hydrogen) atoms. The van der Waals surface area contributed by atoms with Crippen LogP contribution in [0.5, 0.6) is 11.5 Å². The first-order valence-corrected chi connectivity index (χ1v) is 10.4. The second kappa shape index (κ2) is 9.97. The molecule has 1 saturated carbocycles. The quantitative estimate of drug-likeness (QED) is 0.678. The van der Waals surface area contributed by atoms with E-state index in [4.69, 9.17) is 25.8 Å². The Hall–Kier alpha value is -1.01. The maximum atomic E-state index is 9.85. The Labute approximate surface area is 167 Å². The molecule has 0 spiro atoms. The first kappa shape index (κ1) is 20.7. The second-order valence-electron chi connectivity index (χ2n) is 7.62. The molecule has 1 aromatic carbocycles. The molecule has 1 saturated heterocycles. The monoisotopic (exact) mass is 397 g/mol. The molecule has 1 aliphatic heterocycles. The van der Waals surface area contributed by atoms with Gasteiger partial charge in [0, 0.05) is 25.7 Å². The number of hydrogen-bond donors (Lipinski definition) is 1. The summed E-state index contributed by atoms with van der Waals surface area (Å²) in [5.41, 5.74) is 1.13. The zero-order chi connectivity index (χ0) is 19.2. The standard InChI is InChI=1S/C21H32ClNO4/c1-25-20-13-15(12-17(22)21(20)26-2)6-5-11-27-19-8-4-3-7-18(19)23-10-9-16(24)14-23/h12-13,16,18-19,24H,3-11,14H2,1-2H3/t16-,18+,19+/m1/s1. The van der Waals surface area contributed by atoms with Crippen molar-refractivity contribution in [2.75, 3.05) is 33.9 Å². The van der Waals surface area contributed by atoms with Crippen molar-refractivity contribution in [3.05, 3.63) is 22.7 Å². The van der Waals surface area contributed by atoms with Crippen LogP contribution in [0.1, 0.15) is 44.1 Å². The molecule has 0 aromatic heterocycles. The number of halogens is 1. The van der Waals surface area contributed by atoms with Gasteiger partial charge in [-0.2, -0.15) is 0 Å². The van der Waals surface area contributed by atoms with Crippen molar-refractivity contribution in [1.29, 1.82) is 0 Å². The van der Waals surface area contributed by atoms with E-state index in [1.807, 2.05) is 12.1 Å². The predicted octanol–water partition coefficient (Wildman–Crippen LogP) is 3.68. The van der Waals surface area contributed by atoms with Gasteiger partial charge in [-0.3, -0.25) is 4.90 Å². The highest BCUT2D eigenvalue weighted by atomic mass is 35.5. The molecular formula is C21H32ClNO4. The van der Waals surface area contributed by atoms with E-state index < -0.39 is 0 Å². The minimum atomic E-state index is -0.164. The molecule has 1 heterocycles. The Morgan fingerprint density at radius 1 is 1.15 bits per heavy atom. The molecule has 152 valence electrons. The van der Waals surface area contributed by atoms with Gasteiger partial charge in [-0.05, 0) is 49.8 Å². The van der Waals surface area contributed by atoms with Crippen molar-refractivity contribution < 1.29 is 19.3 Å². The number of benzene rings is 1. The van der Waals surface area contributed by atoms with Crippen molar-refractivity contribution in [2.45, 2.75) is 63.2 Å². The molecule has 1 aliphatic carbocycles. The lowest BCUT2D eigenvalue weighted by atomic mass is 9.91. The Morgan fingerprint density at radius 3 is 2.67 bits per heavy atom. The smallest absolute Gasteiger partial charge is 0.179 e. The van der Waals surface area contributed by atoms with E-state index in [9.17, 15) is 5.11 Å². The van der Waals surface area contributed by atoms with Crippen LogP contribution in [0.15, 0.2) is 12.1 Å². The number of rotatable bonds is 8. The molecule has 2 aliphatic rings. The molecule has 3 atom stereocenters. The van der Waals surface area contributed by atoms with Crippen LogP contribution in [0.25, 0.3) is 0 Å². The maximum absolute atomic E-state index is 9.85.